The summed E-state index contributed by atoms with van der Waals surface area (Å²) in [6, 6.07) is 0. The SMILES string of the molecule is O=C(O)CNCP(=O)([O-])O.O=C([O-])CNCP(=O)([O-])O.[Na+].[Na+].[Na+]. The van der Waals surface area contributed by atoms with Crippen LogP contribution in [0.25, 0.3) is 0 Å². The zero-order chi connectivity index (χ0) is 16.4. The van der Waals surface area contributed by atoms with E-state index in [0.29, 0.717) is 0 Å². The van der Waals surface area contributed by atoms with E-state index in [2.05, 4.69) is 0 Å². The molecule has 0 bridgehead atoms. The monoisotopic (exact) mass is 404 g/mol. The van der Waals surface area contributed by atoms with Gasteiger partial charge in [0.1, 0.15) is 15.2 Å². The van der Waals surface area contributed by atoms with Crippen molar-refractivity contribution in [1.29, 1.82) is 0 Å². The molecule has 0 saturated heterocycles. The van der Waals surface area contributed by atoms with Gasteiger partial charge >= 0.3 is 94.6 Å². The molecule has 0 aromatic carbocycles. The zero-order valence-electron chi connectivity index (χ0n) is 12.9. The van der Waals surface area contributed by atoms with Gasteiger partial charge in [-0.2, -0.15) is 0 Å². The molecule has 0 aromatic rings. The van der Waals surface area contributed by atoms with Gasteiger partial charge in [0.15, 0.2) is 0 Å². The average molecular weight is 404 g/mol. The van der Waals surface area contributed by atoms with Crippen LogP contribution in [-0.2, 0) is 18.7 Å². The first-order chi connectivity index (χ1) is 8.83. The average Bonchev–Trinajstić information content (AvgIpc) is 2.12. The Kier molecular flexibility index (Phi) is 29.8. The fraction of sp³-hybridized carbons (Fsp3) is 0.667. The molecule has 0 aromatic heterocycles. The number of carboxylic acid groups (broad SMARTS) is 2. The van der Waals surface area contributed by atoms with Gasteiger partial charge in [0.2, 0.25) is 0 Å². The van der Waals surface area contributed by atoms with Crippen LogP contribution in [0.2, 0.25) is 0 Å². The number of carbonyl (C=O) groups excluding carboxylic acids is 1. The molecule has 2 atom stereocenters. The smallest absolute Gasteiger partial charge is 0.778 e. The molecule has 0 aliphatic carbocycles. The standard InChI is InChI=1S/2C3H8NO5P.3Na/c2*5-3(6)1-4-2-10(7,8)9;;;/h2*4H,1-2H2,(H,5,6)(H2,7,8,9);;;/q;;3*+1/p-3. The van der Waals surface area contributed by atoms with E-state index in [1.807, 2.05) is 10.6 Å². The first-order valence-electron chi connectivity index (χ1n) is 4.72. The van der Waals surface area contributed by atoms with Gasteiger partial charge in [0, 0.05) is 6.54 Å². The Labute approximate surface area is 198 Å². The quantitative estimate of drug-likeness (QED) is 0.188. The van der Waals surface area contributed by atoms with Crippen LogP contribution in [0.4, 0.5) is 0 Å². The Hall–Kier alpha value is 2.16. The predicted molar refractivity (Wildman–Crippen MR) is 58.0 cm³/mol. The largest absolute Gasteiger partial charge is 1.00 e. The maximum absolute atomic E-state index is 9.94. The Morgan fingerprint density at radius 2 is 1.17 bits per heavy atom. The molecule has 0 spiro atoms. The second kappa shape index (κ2) is 18.9. The molecular weight excluding hydrogens is 391 g/mol. The molecular formula is C6H13N2Na3O10P2. The van der Waals surface area contributed by atoms with Crippen LogP contribution in [-0.4, -0.2) is 52.5 Å². The fourth-order valence-corrected chi connectivity index (χ4v) is 1.39. The summed E-state index contributed by atoms with van der Waals surface area (Å²) in [4.78, 5) is 55.4. The van der Waals surface area contributed by atoms with E-state index >= 15 is 0 Å². The Balaban J connectivity index is -0.0000000831. The van der Waals surface area contributed by atoms with Crippen molar-refractivity contribution in [2.24, 2.45) is 0 Å². The molecule has 0 fully saturated rings. The van der Waals surface area contributed by atoms with E-state index in [1.165, 1.54) is 0 Å². The first kappa shape index (κ1) is 36.1. The number of carboxylic acids is 2. The van der Waals surface area contributed by atoms with E-state index in [-0.39, 0.29) is 88.7 Å². The normalized spacial score (nSPS) is 14.1. The minimum Gasteiger partial charge on any atom is -0.778 e. The number of aliphatic carboxylic acids is 2. The Bertz CT molecular complexity index is 375. The summed E-state index contributed by atoms with van der Waals surface area (Å²) in [5, 5.41) is 21.5. The Morgan fingerprint density at radius 3 is 1.39 bits per heavy atom. The maximum atomic E-state index is 9.94. The fourth-order valence-electron chi connectivity index (χ4n) is 0.603. The van der Waals surface area contributed by atoms with Crippen LogP contribution in [0.3, 0.4) is 0 Å². The molecule has 17 heteroatoms. The van der Waals surface area contributed by atoms with Crippen LogP contribution < -0.4 is 114 Å². The number of nitrogens with one attached hydrogen (secondary N) is 2. The van der Waals surface area contributed by atoms with Gasteiger partial charge in [-0.1, -0.05) is 0 Å². The molecule has 2 unspecified atom stereocenters. The molecule has 0 aliphatic rings. The summed E-state index contributed by atoms with van der Waals surface area (Å²) in [6.45, 7) is -1.07. The van der Waals surface area contributed by atoms with Crippen LogP contribution in [0.1, 0.15) is 0 Å². The minimum absolute atomic E-state index is 0. The summed E-state index contributed by atoms with van der Waals surface area (Å²) < 4.78 is 19.9. The second-order valence-electron chi connectivity index (χ2n) is 3.21. The van der Waals surface area contributed by atoms with Crippen molar-refractivity contribution in [3.8, 4) is 0 Å². The Morgan fingerprint density at radius 1 is 0.870 bits per heavy atom. The van der Waals surface area contributed by atoms with Crippen molar-refractivity contribution in [3.63, 3.8) is 0 Å². The second-order valence-corrected chi connectivity index (χ2v) is 6.39. The molecule has 12 nitrogen and oxygen atoms in total. The molecule has 0 aliphatic heterocycles. The third kappa shape index (κ3) is 45.4. The van der Waals surface area contributed by atoms with Crippen molar-refractivity contribution in [1.82, 2.24) is 10.6 Å². The molecule has 0 heterocycles. The molecule has 120 valence electrons. The number of carbonyl (C=O) groups is 2. The van der Waals surface area contributed by atoms with Gasteiger partial charge < -0.3 is 49.0 Å². The third-order valence-electron chi connectivity index (χ3n) is 1.17. The molecule has 5 N–H and O–H groups in total. The van der Waals surface area contributed by atoms with Crippen molar-refractivity contribution in [2.45, 2.75) is 0 Å². The van der Waals surface area contributed by atoms with Crippen molar-refractivity contribution in [3.05, 3.63) is 0 Å². The number of hydrogen-bond acceptors (Lipinski definition) is 9. The van der Waals surface area contributed by atoms with E-state index in [9.17, 15) is 33.6 Å². The topological polar surface area (TPSA) is 222 Å². The molecule has 0 rings (SSSR count). The maximum Gasteiger partial charge on any atom is 1.00 e. The van der Waals surface area contributed by atoms with Gasteiger partial charge in [-0.05, 0) is 0 Å². The summed E-state index contributed by atoms with van der Waals surface area (Å²) >= 11 is 0. The molecule has 0 amide bonds. The van der Waals surface area contributed by atoms with Gasteiger partial charge in [-0.15, -0.1) is 0 Å². The summed E-state index contributed by atoms with van der Waals surface area (Å²) in [7, 11) is -8.72. The van der Waals surface area contributed by atoms with Crippen molar-refractivity contribution >= 4 is 27.1 Å². The van der Waals surface area contributed by atoms with Gasteiger partial charge in [-0.25, -0.2) is 0 Å². The van der Waals surface area contributed by atoms with E-state index in [0.717, 1.165) is 0 Å². The van der Waals surface area contributed by atoms with Gasteiger partial charge in [0.05, 0.1) is 25.1 Å². The minimum atomic E-state index is -4.37. The van der Waals surface area contributed by atoms with E-state index in [1.54, 1.807) is 0 Å². The van der Waals surface area contributed by atoms with Crippen molar-refractivity contribution < 1.29 is 137 Å². The third-order valence-corrected chi connectivity index (χ3v) is 2.42. The molecule has 23 heavy (non-hydrogen) atoms. The van der Waals surface area contributed by atoms with Crippen molar-refractivity contribution in [2.75, 3.05) is 25.7 Å². The van der Waals surface area contributed by atoms with Gasteiger partial charge in [-0.3, -0.25) is 10.1 Å². The zero-order valence-corrected chi connectivity index (χ0v) is 20.7. The summed E-state index contributed by atoms with van der Waals surface area (Å²) in [5.41, 5.74) is 0. The van der Waals surface area contributed by atoms with Crippen LogP contribution in [0, 0.1) is 0 Å². The van der Waals surface area contributed by atoms with Crippen LogP contribution in [0.5, 0.6) is 0 Å². The van der Waals surface area contributed by atoms with Crippen LogP contribution in [0.15, 0.2) is 0 Å². The first-order valence-corrected chi connectivity index (χ1v) is 8.25. The summed E-state index contributed by atoms with van der Waals surface area (Å²) in [5.74, 6) is -2.60. The predicted octanol–water partition coefficient (Wildman–Crippen LogP) is -14.0. The molecule has 0 saturated carbocycles. The molecule has 0 radical (unpaired) electrons. The van der Waals surface area contributed by atoms with E-state index in [4.69, 9.17) is 14.9 Å². The number of hydrogen-bond donors (Lipinski definition) is 5. The number of rotatable bonds is 8. The van der Waals surface area contributed by atoms with Gasteiger partial charge in [0.25, 0.3) is 0 Å². The van der Waals surface area contributed by atoms with E-state index < -0.39 is 52.8 Å². The summed E-state index contributed by atoms with van der Waals surface area (Å²) in [6.07, 6.45) is -1.46. The van der Waals surface area contributed by atoms with Crippen LogP contribution >= 0.6 is 15.2 Å².